The maximum atomic E-state index is 13.7. The molecular formula is C35H29N7O9S2. The van der Waals surface area contributed by atoms with E-state index in [-0.39, 0.29) is 46.5 Å². The average molecular weight is 756 g/mol. The number of fused-ring (bicyclic) bond motifs is 2. The van der Waals surface area contributed by atoms with Gasteiger partial charge in [-0.3, -0.25) is 32.5 Å². The van der Waals surface area contributed by atoms with Gasteiger partial charge in [-0.05, 0) is 73.5 Å². The molecule has 0 fully saturated rings. The zero-order valence-corrected chi connectivity index (χ0v) is 29.2. The van der Waals surface area contributed by atoms with Crippen molar-refractivity contribution in [1.82, 2.24) is 34.1 Å². The van der Waals surface area contributed by atoms with Gasteiger partial charge < -0.3 is 4.18 Å². The van der Waals surface area contributed by atoms with Gasteiger partial charge in [-0.15, -0.1) is 5.10 Å². The summed E-state index contributed by atoms with van der Waals surface area (Å²) in [6.45, 7) is 0.688. The first-order valence-electron chi connectivity index (χ1n) is 16.1. The van der Waals surface area contributed by atoms with Crippen molar-refractivity contribution in [2.24, 2.45) is 0 Å². The minimum Gasteiger partial charge on any atom is -0.362 e. The van der Waals surface area contributed by atoms with Crippen LogP contribution < -0.4 is 15.3 Å². The van der Waals surface area contributed by atoms with Crippen LogP contribution in [0.3, 0.4) is 0 Å². The van der Waals surface area contributed by atoms with Gasteiger partial charge in [0.1, 0.15) is 23.1 Å². The van der Waals surface area contributed by atoms with Gasteiger partial charge in [-0.25, -0.2) is 9.97 Å². The summed E-state index contributed by atoms with van der Waals surface area (Å²) < 4.78 is 73.5. The largest absolute Gasteiger partial charge is 0.446 e. The van der Waals surface area contributed by atoms with Gasteiger partial charge in [-0.2, -0.15) is 16.8 Å². The maximum absolute atomic E-state index is 13.7. The predicted octanol–water partition coefficient (Wildman–Crippen LogP) is 3.99. The fourth-order valence-corrected chi connectivity index (χ4v) is 6.77. The summed E-state index contributed by atoms with van der Waals surface area (Å²) >= 11 is 0. The quantitative estimate of drug-likeness (QED) is 0.133. The maximum Gasteiger partial charge on any atom is 0.446 e. The molecule has 53 heavy (non-hydrogen) atoms. The summed E-state index contributed by atoms with van der Waals surface area (Å²) in [5.74, 6) is 0.408. The summed E-state index contributed by atoms with van der Waals surface area (Å²) in [5, 5.41) is 9.28. The molecule has 0 aliphatic heterocycles. The summed E-state index contributed by atoms with van der Waals surface area (Å²) in [4.78, 5) is 36.4. The highest BCUT2D eigenvalue weighted by atomic mass is 32.3. The zero-order chi connectivity index (χ0) is 37.3. The molecule has 0 saturated carbocycles. The number of hydrogen-bond acceptors (Lipinski definition) is 11. The van der Waals surface area contributed by atoms with E-state index in [0.717, 1.165) is 0 Å². The van der Waals surface area contributed by atoms with Crippen LogP contribution in [0, 0.1) is 0 Å². The topological polar surface area (TPSA) is 218 Å². The van der Waals surface area contributed by atoms with Crippen LogP contribution in [0.15, 0.2) is 118 Å². The van der Waals surface area contributed by atoms with E-state index in [1.54, 1.807) is 65.5 Å². The number of hydrogen-bond donors (Lipinski definition) is 2. The third-order valence-electron chi connectivity index (χ3n) is 8.35. The molecule has 0 radical (unpaired) electrons. The number of unbranched alkanes of at least 4 members (excludes halogenated alkanes) is 1. The minimum absolute atomic E-state index is 0.00786. The Kier molecular flexibility index (Phi) is 9.43. The van der Waals surface area contributed by atoms with Crippen molar-refractivity contribution in [3.8, 4) is 28.5 Å². The molecule has 2 N–H and O–H groups in total. The van der Waals surface area contributed by atoms with Gasteiger partial charge in [0, 0.05) is 24.2 Å². The first kappa shape index (κ1) is 35.3. The minimum atomic E-state index is -4.77. The molecule has 4 aromatic carbocycles. The third kappa shape index (κ3) is 7.75. The van der Waals surface area contributed by atoms with Crippen molar-refractivity contribution < 1.29 is 30.1 Å². The van der Waals surface area contributed by atoms with E-state index >= 15 is 0 Å². The summed E-state index contributed by atoms with van der Waals surface area (Å²) in [7, 11) is -9.19. The molecule has 3 heterocycles. The molecule has 0 spiro atoms. The SMILES string of the molecule is O=c1c2ccccc2nc(-c2cccc(OS(=O)(=O)O)c2)n1CCCCn1cc(Cn2c(-c3ccc(S(=O)(=O)O)cc3)nc3ccccc3c2=O)nn1. The summed E-state index contributed by atoms with van der Waals surface area (Å²) in [6.07, 6.45) is 2.78. The van der Waals surface area contributed by atoms with Crippen LogP contribution in [-0.4, -0.2) is 60.0 Å². The average Bonchev–Trinajstić information content (AvgIpc) is 3.58. The van der Waals surface area contributed by atoms with Crippen molar-refractivity contribution in [2.75, 3.05) is 0 Å². The number of aryl methyl sites for hydroxylation is 1. The van der Waals surface area contributed by atoms with Crippen molar-refractivity contribution in [1.29, 1.82) is 0 Å². The Bertz CT molecular complexity index is 2850. The fourth-order valence-electron chi connectivity index (χ4n) is 5.94. The summed E-state index contributed by atoms with van der Waals surface area (Å²) in [5.41, 5.74) is 1.61. The number of nitrogens with zero attached hydrogens (tertiary/aromatic N) is 7. The van der Waals surface area contributed by atoms with Gasteiger partial charge in [0.05, 0.1) is 39.4 Å². The zero-order valence-electron chi connectivity index (χ0n) is 27.5. The van der Waals surface area contributed by atoms with E-state index in [1.807, 2.05) is 0 Å². The number of para-hydroxylation sites is 2. The fraction of sp³-hybridized carbons (Fsp3) is 0.143. The van der Waals surface area contributed by atoms with Crippen molar-refractivity contribution >= 4 is 42.3 Å². The molecule has 16 nitrogen and oxygen atoms in total. The molecule has 0 unspecified atom stereocenters. The molecule has 0 aliphatic carbocycles. The Morgan fingerprint density at radius 2 is 1.26 bits per heavy atom. The van der Waals surface area contributed by atoms with E-state index in [0.29, 0.717) is 58.0 Å². The predicted molar refractivity (Wildman–Crippen MR) is 193 cm³/mol. The number of aromatic nitrogens is 7. The van der Waals surface area contributed by atoms with E-state index in [4.69, 9.17) is 9.54 Å². The molecule has 0 bridgehead atoms. The molecule has 0 saturated heterocycles. The second-order valence-corrected chi connectivity index (χ2v) is 14.4. The first-order valence-corrected chi connectivity index (χ1v) is 18.9. The van der Waals surface area contributed by atoms with E-state index < -0.39 is 20.5 Å². The van der Waals surface area contributed by atoms with Crippen molar-refractivity contribution in [2.45, 2.75) is 37.4 Å². The highest BCUT2D eigenvalue weighted by Crippen LogP contribution is 2.25. The van der Waals surface area contributed by atoms with E-state index in [1.165, 1.54) is 51.6 Å². The normalized spacial score (nSPS) is 12.0. The standard InChI is InChI=1S/C35H29N7O9S2/c43-34-28-10-1-3-12-30(28)37-33(24-8-7-9-26(20-24)51-53(48,49)50)41(34)19-6-5-18-40-21-25(38-39-40)22-42-32(23-14-16-27(17-15-23)52(45,46)47)36-31-13-4-2-11-29(31)35(42)44/h1-4,7-17,20-21H,5-6,18-19,22H2,(H,45,46,47)(H,48,49,50). The highest BCUT2D eigenvalue weighted by molar-refractivity contribution is 7.85. The van der Waals surface area contributed by atoms with Gasteiger partial charge >= 0.3 is 10.4 Å². The molecule has 0 aliphatic rings. The molecule has 0 amide bonds. The van der Waals surface area contributed by atoms with E-state index in [9.17, 15) is 31.0 Å². The van der Waals surface area contributed by atoms with Crippen LogP contribution in [0.2, 0.25) is 0 Å². The molecule has 18 heteroatoms. The molecule has 7 rings (SSSR count). The Labute approximate surface area is 301 Å². The lowest BCUT2D eigenvalue weighted by molar-refractivity contribution is 0.387. The van der Waals surface area contributed by atoms with Crippen LogP contribution in [0.4, 0.5) is 0 Å². The Morgan fingerprint density at radius 1 is 0.660 bits per heavy atom. The second-order valence-electron chi connectivity index (χ2n) is 12.0. The van der Waals surface area contributed by atoms with Gasteiger partial charge in [-0.1, -0.05) is 41.6 Å². The second kappa shape index (κ2) is 14.2. The van der Waals surface area contributed by atoms with Crippen LogP contribution >= 0.6 is 0 Å². The third-order valence-corrected chi connectivity index (χ3v) is 9.62. The molecule has 0 atom stereocenters. The smallest absolute Gasteiger partial charge is 0.362 e. The van der Waals surface area contributed by atoms with Crippen LogP contribution in [0.1, 0.15) is 18.5 Å². The Morgan fingerprint density at radius 3 is 1.91 bits per heavy atom. The molecule has 270 valence electrons. The highest BCUT2D eigenvalue weighted by Gasteiger charge is 2.18. The Balaban J connectivity index is 1.11. The molecule has 7 aromatic rings. The first-order chi connectivity index (χ1) is 25.3. The summed E-state index contributed by atoms with van der Waals surface area (Å²) in [6, 6.07) is 25.0. The Hall–Kier alpha value is -6.08. The van der Waals surface area contributed by atoms with Crippen molar-refractivity contribution in [3.05, 3.63) is 130 Å². The van der Waals surface area contributed by atoms with E-state index in [2.05, 4.69) is 19.5 Å². The molecule has 3 aromatic heterocycles. The lowest BCUT2D eigenvalue weighted by Crippen LogP contribution is -2.24. The van der Waals surface area contributed by atoms with Crippen LogP contribution in [-0.2, 0) is 40.2 Å². The lowest BCUT2D eigenvalue weighted by atomic mass is 10.1. The van der Waals surface area contributed by atoms with Crippen molar-refractivity contribution in [3.63, 3.8) is 0 Å². The number of rotatable bonds is 12. The lowest BCUT2D eigenvalue weighted by Gasteiger charge is -2.14. The monoisotopic (exact) mass is 755 g/mol. The van der Waals surface area contributed by atoms with Crippen LogP contribution in [0.25, 0.3) is 44.6 Å². The van der Waals surface area contributed by atoms with Gasteiger partial charge in [0.2, 0.25) is 0 Å². The van der Waals surface area contributed by atoms with Crippen LogP contribution in [0.5, 0.6) is 5.75 Å². The van der Waals surface area contributed by atoms with Gasteiger partial charge in [0.15, 0.2) is 0 Å². The van der Waals surface area contributed by atoms with Gasteiger partial charge in [0.25, 0.3) is 21.2 Å². The molecular weight excluding hydrogens is 727 g/mol. The number of benzene rings is 4.